The Balaban J connectivity index is 1.78. The van der Waals surface area contributed by atoms with Gasteiger partial charge in [-0.15, -0.1) is 16.4 Å². The monoisotopic (exact) mass is 397 g/mol. The van der Waals surface area contributed by atoms with Crippen LogP contribution in [0.4, 0.5) is 0 Å². The zero-order valence-corrected chi connectivity index (χ0v) is 16.9. The molecule has 1 N–H and O–H groups in total. The molecule has 28 heavy (non-hydrogen) atoms. The summed E-state index contributed by atoms with van der Waals surface area (Å²) in [7, 11) is 3.34. The van der Waals surface area contributed by atoms with Gasteiger partial charge in [-0.3, -0.25) is 9.59 Å². The molecule has 8 heteroatoms. The third-order valence-electron chi connectivity index (χ3n) is 4.39. The molecular weight excluding hydrogens is 374 g/mol. The van der Waals surface area contributed by atoms with E-state index in [1.807, 2.05) is 29.6 Å². The second-order valence-electron chi connectivity index (χ2n) is 6.61. The minimum atomic E-state index is -0.332. The van der Waals surface area contributed by atoms with E-state index >= 15 is 0 Å². The van der Waals surface area contributed by atoms with Crippen molar-refractivity contribution in [2.75, 3.05) is 14.1 Å². The highest BCUT2D eigenvalue weighted by atomic mass is 32.1. The molecule has 0 spiro atoms. The second-order valence-corrected chi connectivity index (χ2v) is 7.59. The molecule has 2 amide bonds. The third-order valence-corrected chi connectivity index (χ3v) is 5.33. The van der Waals surface area contributed by atoms with Gasteiger partial charge >= 0.3 is 0 Å². The van der Waals surface area contributed by atoms with Crippen LogP contribution in [0, 0.1) is 0 Å². The molecule has 3 rings (SSSR count). The number of aromatic nitrogens is 3. The highest BCUT2D eigenvalue weighted by molar-refractivity contribution is 7.10. The Bertz CT molecular complexity index is 932. The summed E-state index contributed by atoms with van der Waals surface area (Å²) >= 11 is 1.58. The number of hydrogen-bond acceptors (Lipinski definition) is 5. The molecular formula is C20H23N5O2S. The number of nitrogens with zero attached hydrogens (tertiary/aromatic N) is 4. The van der Waals surface area contributed by atoms with Gasteiger partial charge in [-0.1, -0.05) is 42.5 Å². The van der Waals surface area contributed by atoms with E-state index in [-0.39, 0.29) is 30.1 Å². The van der Waals surface area contributed by atoms with E-state index in [4.69, 9.17) is 0 Å². The fraction of sp³-hybridized carbons (Fsp3) is 0.300. The molecule has 1 atom stereocenters. The standard InChI is InChI=1S/C20H23N5O2S/c1-4-14-7-9-15(10-8-14)19(17-6-5-11-28-17)21-20(27)16-12-25(23-22-16)13-18(26)24(2)3/h5-12,19H,4,13H2,1-3H3,(H,21,27). The Labute approximate surface area is 168 Å². The maximum Gasteiger partial charge on any atom is 0.274 e. The normalized spacial score (nSPS) is 11.8. The average molecular weight is 398 g/mol. The fourth-order valence-electron chi connectivity index (χ4n) is 2.68. The number of rotatable bonds is 7. The summed E-state index contributed by atoms with van der Waals surface area (Å²) in [5, 5.41) is 12.8. The highest BCUT2D eigenvalue weighted by Gasteiger charge is 2.21. The van der Waals surface area contributed by atoms with Crippen LogP contribution in [0.2, 0.25) is 0 Å². The van der Waals surface area contributed by atoms with E-state index in [2.05, 4.69) is 34.7 Å². The number of benzene rings is 1. The van der Waals surface area contributed by atoms with Crippen LogP contribution in [0.3, 0.4) is 0 Å². The summed E-state index contributed by atoms with van der Waals surface area (Å²) in [5.74, 6) is -0.453. The molecule has 1 aromatic carbocycles. The van der Waals surface area contributed by atoms with Gasteiger partial charge in [0.05, 0.1) is 12.2 Å². The zero-order valence-electron chi connectivity index (χ0n) is 16.1. The molecule has 0 radical (unpaired) electrons. The van der Waals surface area contributed by atoms with Gasteiger partial charge in [-0.2, -0.15) is 0 Å². The Morgan fingerprint density at radius 1 is 1.21 bits per heavy atom. The topological polar surface area (TPSA) is 80.1 Å². The van der Waals surface area contributed by atoms with Gasteiger partial charge in [0.1, 0.15) is 6.54 Å². The fourth-order valence-corrected chi connectivity index (χ4v) is 3.49. The molecule has 0 fully saturated rings. The van der Waals surface area contributed by atoms with Crippen molar-refractivity contribution < 1.29 is 9.59 Å². The lowest BCUT2D eigenvalue weighted by atomic mass is 10.0. The maximum absolute atomic E-state index is 12.8. The minimum Gasteiger partial charge on any atom is -0.347 e. The van der Waals surface area contributed by atoms with Crippen LogP contribution < -0.4 is 5.32 Å². The highest BCUT2D eigenvalue weighted by Crippen LogP contribution is 2.26. The number of thiophene rings is 1. The van der Waals surface area contributed by atoms with Crippen molar-refractivity contribution in [1.29, 1.82) is 0 Å². The Morgan fingerprint density at radius 3 is 2.57 bits per heavy atom. The first-order valence-corrected chi connectivity index (χ1v) is 9.89. The minimum absolute atomic E-state index is 0.0418. The zero-order chi connectivity index (χ0) is 20.1. The van der Waals surface area contributed by atoms with Gasteiger partial charge in [0.25, 0.3) is 5.91 Å². The molecule has 0 aliphatic rings. The number of carbonyl (C=O) groups excluding carboxylic acids is 2. The van der Waals surface area contributed by atoms with Crippen LogP contribution in [0.25, 0.3) is 0 Å². The summed E-state index contributed by atoms with van der Waals surface area (Å²) in [4.78, 5) is 27.1. The van der Waals surface area contributed by atoms with E-state index < -0.39 is 0 Å². The first kappa shape index (κ1) is 19.8. The van der Waals surface area contributed by atoms with Gasteiger partial charge in [0, 0.05) is 19.0 Å². The lowest BCUT2D eigenvalue weighted by Gasteiger charge is -2.17. The number of hydrogen-bond donors (Lipinski definition) is 1. The lowest BCUT2D eigenvalue weighted by Crippen LogP contribution is -2.29. The van der Waals surface area contributed by atoms with E-state index in [1.165, 1.54) is 21.3 Å². The van der Waals surface area contributed by atoms with E-state index in [9.17, 15) is 9.59 Å². The van der Waals surface area contributed by atoms with E-state index in [0.29, 0.717) is 0 Å². The number of amides is 2. The van der Waals surface area contributed by atoms with Crippen molar-refractivity contribution >= 4 is 23.2 Å². The third kappa shape index (κ3) is 4.64. The van der Waals surface area contributed by atoms with Crippen LogP contribution in [0.15, 0.2) is 48.0 Å². The summed E-state index contributed by atoms with van der Waals surface area (Å²) in [6.45, 7) is 2.15. The SMILES string of the molecule is CCc1ccc(C(NC(=O)c2cn(CC(=O)N(C)C)nn2)c2cccs2)cc1. The van der Waals surface area contributed by atoms with Gasteiger partial charge in [-0.25, -0.2) is 4.68 Å². The molecule has 0 aliphatic carbocycles. The lowest BCUT2D eigenvalue weighted by molar-refractivity contribution is -0.129. The van der Waals surface area contributed by atoms with Crippen molar-refractivity contribution in [2.45, 2.75) is 25.9 Å². The molecule has 2 heterocycles. The molecule has 3 aromatic rings. The number of aryl methyl sites for hydroxylation is 1. The van der Waals surface area contributed by atoms with Crippen LogP contribution in [-0.2, 0) is 17.8 Å². The second kappa shape index (κ2) is 8.79. The van der Waals surface area contributed by atoms with Crippen LogP contribution in [-0.4, -0.2) is 45.8 Å². The molecule has 7 nitrogen and oxygen atoms in total. The number of carbonyl (C=O) groups is 2. The number of nitrogens with one attached hydrogen (secondary N) is 1. The molecule has 1 unspecified atom stereocenters. The first-order valence-electron chi connectivity index (χ1n) is 9.01. The quantitative estimate of drug-likeness (QED) is 0.664. The van der Waals surface area contributed by atoms with Gasteiger partial charge in [0.2, 0.25) is 5.91 Å². The summed E-state index contributed by atoms with van der Waals surface area (Å²) in [5.41, 5.74) is 2.43. The van der Waals surface area contributed by atoms with Crippen molar-refractivity contribution in [2.24, 2.45) is 0 Å². The van der Waals surface area contributed by atoms with Crippen LogP contribution >= 0.6 is 11.3 Å². The molecule has 0 saturated heterocycles. The van der Waals surface area contributed by atoms with Crippen molar-refractivity contribution in [1.82, 2.24) is 25.2 Å². The van der Waals surface area contributed by atoms with Gasteiger partial charge < -0.3 is 10.2 Å². The number of likely N-dealkylation sites (N-methyl/N-ethyl adjacent to an activating group) is 1. The smallest absolute Gasteiger partial charge is 0.274 e. The van der Waals surface area contributed by atoms with Crippen LogP contribution in [0.1, 0.15) is 39.5 Å². The molecule has 0 bridgehead atoms. The Kier molecular flexibility index (Phi) is 6.20. The van der Waals surface area contributed by atoms with Crippen molar-refractivity contribution in [3.05, 3.63) is 69.7 Å². The maximum atomic E-state index is 12.8. The Morgan fingerprint density at radius 2 is 1.96 bits per heavy atom. The van der Waals surface area contributed by atoms with Crippen LogP contribution in [0.5, 0.6) is 0 Å². The van der Waals surface area contributed by atoms with E-state index in [1.54, 1.807) is 25.4 Å². The molecule has 146 valence electrons. The van der Waals surface area contributed by atoms with Crippen molar-refractivity contribution in [3.63, 3.8) is 0 Å². The van der Waals surface area contributed by atoms with Gasteiger partial charge in [0.15, 0.2) is 5.69 Å². The largest absolute Gasteiger partial charge is 0.347 e. The predicted molar refractivity (Wildman–Crippen MR) is 108 cm³/mol. The average Bonchev–Trinajstić information content (AvgIpc) is 3.38. The first-order chi connectivity index (χ1) is 13.5. The summed E-state index contributed by atoms with van der Waals surface area (Å²) < 4.78 is 1.37. The molecule has 0 saturated carbocycles. The predicted octanol–water partition coefficient (Wildman–Crippen LogP) is 2.51. The Hall–Kier alpha value is -3.00. The van der Waals surface area contributed by atoms with Gasteiger partial charge in [-0.05, 0) is 29.0 Å². The molecule has 2 aromatic heterocycles. The van der Waals surface area contributed by atoms with E-state index in [0.717, 1.165) is 16.9 Å². The summed E-state index contributed by atoms with van der Waals surface area (Å²) in [6, 6.07) is 11.9. The summed E-state index contributed by atoms with van der Waals surface area (Å²) in [6.07, 6.45) is 2.45. The molecule has 0 aliphatic heterocycles. The van der Waals surface area contributed by atoms with Crippen molar-refractivity contribution in [3.8, 4) is 0 Å².